The molecule has 0 bridgehead atoms. The van der Waals surface area contributed by atoms with Gasteiger partial charge in [0.1, 0.15) is 0 Å². The molecule has 20 heavy (non-hydrogen) atoms. The molecule has 102 valence electrons. The number of methoxy groups -OCH3 is 1. The molecule has 1 aliphatic carbocycles. The predicted molar refractivity (Wildman–Crippen MR) is 78.8 cm³/mol. The Morgan fingerprint density at radius 3 is 2.90 bits per heavy atom. The van der Waals surface area contributed by atoms with Gasteiger partial charge in [-0.2, -0.15) is 0 Å². The van der Waals surface area contributed by atoms with Crippen LogP contribution < -0.4 is 0 Å². The van der Waals surface area contributed by atoms with Gasteiger partial charge in [0, 0.05) is 7.11 Å². The molecular weight excluding hydrogens is 248 g/mol. The van der Waals surface area contributed by atoms with Crippen LogP contribution in [0.15, 0.2) is 30.3 Å². The molecule has 2 aromatic rings. The lowest BCUT2D eigenvalue weighted by Gasteiger charge is -2.08. The fraction of sp³-hybridized carbons (Fsp3) is 0.333. The summed E-state index contributed by atoms with van der Waals surface area (Å²) in [4.78, 5) is 0. The van der Waals surface area contributed by atoms with E-state index in [0.29, 0.717) is 13.2 Å². The molecule has 0 unspecified atom stereocenters. The third-order valence-electron chi connectivity index (χ3n) is 3.73. The second-order valence-corrected chi connectivity index (χ2v) is 4.96. The third kappa shape index (κ3) is 2.62. The van der Waals surface area contributed by atoms with Crippen molar-refractivity contribution in [2.75, 3.05) is 26.9 Å². The Morgan fingerprint density at radius 1 is 1.10 bits per heavy atom. The van der Waals surface area contributed by atoms with Gasteiger partial charge in [0.25, 0.3) is 0 Å². The molecule has 3 rings (SSSR count). The minimum atomic E-state index is 0.651. The summed E-state index contributed by atoms with van der Waals surface area (Å²) in [7, 11) is 1.69. The maximum absolute atomic E-state index is 5.56. The second-order valence-electron chi connectivity index (χ2n) is 4.96. The summed E-state index contributed by atoms with van der Waals surface area (Å²) in [6.45, 7) is 2.03. The average molecular weight is 266 g/mol. The summed E-state index contributed by atoms with van der Waals surface area (Å²) in [5.74, 6) is 0. The number of hydrogen-bond donors (Lipinski definition) is 0. The van der Waals surface area contributed by atoms with E-state index >= 15 is 0 Å². The van der Waals surface area contributed by atoms with Gasteiger partial charge in [-0.15, -0.1) is 0 Å². The molecule has 2 aromatic carbocycles. The summed E-state index contributed by atoms with van der Waals surface area (Å²) in [5, 5.41) is 0. The van der Waals surface area contributed by atoms with Gasteiger partial charge in [-0.25, -0.2) is 0 Å². The number of rotatable bonds is 6. The van der Waals surface area contributed by atoms with Crippen molar-refractivity contribution in [1.82, 2.24) is 0 Å². The predicted octanol–water partition coefficient (Wildman–Crippen LogP) is 3.06. The molecule has 2 nitrogen and oxygen atoms in total. The van der Waals surface area contributed by atoms with E-state index in [1.807, 2.05) is 12.1 Å². The molecule has 0 spiro atoms. The second kappa shape index (κ2) is 6.21. The Bertz CT molecular complexity index is 590. The molecule has 0 fully saturated rings. The van der Waals surface area contributed by atoms with E-state index in [1.165, 1.54) is 27.8 Å². The van der Waals surface area contributed by atoms with Crippen LogP contribution in [0.25, 0.3) is 11.1 Å². The summed E-state index contributed by atoms with van der Waals surface area (Å²) in [6.07, 6.45) is 1.90. The van der Waals surface area contributed by atoms with Crippen molar-refractivity contribution in [2.24, 2.45) is 0 Å². The Morgan fingerprint density at radius 2 is 2.00 bits per heavy atom. The standard InChI is InChI=1S/C18H18O2/c1-19-11-12-20-10-9-14-6-4-8-17-16-7-3-2-5-15(16)13-18(14)17/h3-5,7-8H,9-13H2,1H3. The number of benzene rings is 2. The van der Waals surface area contributed by atoms with Gasteiger partial charge in [0.15, 0.2) is 0 Å². The number of hydrogen-bond acceptors (Lipinski definition) is 2. The largest absolute Gasteiger partial charge is 0.382 e. The molecule has 0 amide bonds. The zero-order chi connectivity index (χ0) is 13.8. The molecule has 0 atom stereocenters. The first-order chi connectivity index (χ1) is 9.90. The van der Waals surface area contributed by atoms with Crippen molar-refractivity contribution in [1.29, 1.82) is 0 Å². The molecular formula is C18H18O2. The average Bonchev–Trinajstić information content (AvgIpc) is 2.87. The van der Waals surface area contributed by atoms with Crippen LogP contribution in [0.2, 0.25) is 0 Å². The van der Waals surface area contributed by atoms with Crippen molar-refractivity contribution < 1.29 is 9.47 Å². The van der Waals surface area contributed by atoms with Gasteiger partial charge in [-0.1, -0.05) is 30.3 Å². The van der Waals surface area contributed by atoms with E-state index in [4.69, 9.17) is 9.47 Å². The number of fused-ring (bicyclic) bond motifs is 3. The normalized spacial score (nSPS) is 12.2. The number of ether oxygens (including phenoxy) is 2. The van der Waals surface area contributed by atoms with Gasteiger partial charge >= 0.3 is 0 Å². The Hall–Kier alpha value is -1.64. The first kappa shape index (κ1) is 13.3. The molecule has 0 N–H and O–H groups in total. The Kier molecular flexibility index (Phi) is 4.14. The van der Waals surface area contributed by atoms with Gasteiger partial charge in [-0.3, -0.25) is 0 Å². The molecule has 0 saturated carbocycles. The van der Waals surface area contributed by atoms with Crippen molar-refractivity contribution >= 4 is 0 Å². The van der Waals surface area contributed by atoms with E-state index in [-0.39, 0.29) is 0 Å². The Balaban J connectivity index is 1.73. The van der Waals surface area contributed by atoms with E-state index in [9.17, 15) is 0 Å². The van der Waals surface area contributed by atoms with E-state index in [0.717, 1.165) is 19.4 Å². The highest BCUT2D eigenvalue weighted by Gasteiger charge is 2.20. The molecule has 1 aliphatic rings. The fourth-order valence-corrected chi connectivity index (χ4v) is 2.74. The van der Waals surface area contributed by atoms with Crippen LogP contribution in [0.4, 0.5) is 0 Å². The lowest BCUT2D eigenvalue weighted by Crippen LogP contribution is -2.06. The minimum Gasteiger partial charge on any atom is -0.382 e. The summed E-state index contributed by atoms with van der Waals surface area (Å²) >= 11 is 0. The lowest BCUT2D eigenvalue weighted by atomic mass is 9.99. The zero-order valence-corrected chi connectivity index (χ0v) is 11.7. The summed E-state index contributed by atoms with van der Waals surface area (Å²) in [6, 6.07) is 17.0. The van der Waals surface area contributed by atoms with Crippen LogP contribution in [0, 0.1) is 12.1 Å². The monoisotopic (exact) mass is 266 g/mol. The highest BCUT2D eigenvalue weighted by Crippen LogP contribution is 2.37. The minimum absolute atomic E-state index is 0.651. The fourth-order valence-electron chi connectivity index (χ4n) is 2.74. The Labute approximate surface area is 120 Å². The van der Waals surface area contributed by atoms with Crippen LogP contribution in [0.3, 0.4) is 0 Å². The van der Waals surface area contributed by atoms with Crippen LogP contribution in [0.1, 0.15) is 16.7 Å². The van der Waals surface area contributed by atoms with Crippen LogP contribution in [-0.4, -0.2) is 26.9 Å². The van der Waals surface area contributed by atoms with Gasteiger partial charge in [0.05, 0.1) is 19.8 Å². The molecule has 0 aliphatic heterocycles. The molecule has 0 aromatic heterocycles. The first-order valence-electron chi connectivity index (χ1n) is 6.98. The highest BCUT2D eigenvalue weighted by atomic mass is 16.5. The van der Waals surface area contributed by atoms with Crippen LogP contribution in [0.5, 0.6) is 0 Å². The molecule has 0 saturated heterocycles. The molecule has 0 heterocycles. The van der Waals surface area contributed by atoms with Gasteiger partial charge in [-0.05, 0) is 52.8 Å². The highest BCUT2D eigenvalue weighted by molar-refractivity contribution is 5.77. The third-order valence-corrected chi connectivity index (χ3v) is 3.73. The van der Waals surface area contributed by atoms with Crippen molar-refractivity contribution in [3.63, 3.8) is 0 Å². The van der Waals surface area contributed by atoms with Crippen molar-refractivity contribution in [2.45, 2.75) is 12.8 Å². The van der Waals surface area contributed by atoms with Crippen LogP contribution >= 0.6 is 0 Å². The maximum Gasteiger partial charge on any atom is 0.0700 e. The SMILES string of the molecule is COCCOCCc1[c]ccc2c1Cc1c[c]ccc1-2. The summed E-state index contributed by atoms with van der Waals surface area (Å²) in [5.41, 5.74) is 6.73. The zero-order valence-electron chi connectivity index (χ0n) is 11.7. The van der Waals surface area contributed by atoms with Gasteiger partial charge in [0.2, 0.25) is 0 Å². The van der Waals surface area contributed by atoms with Crippen molar-refractivity contribution in [3.05, 3.63) is 59.2 Å². The topological polar surface area (TPSA) is 18.5 Å². The molecule has 2 radical (unpaired) electrons. The summed E-state index contributed by atoms with van der Waals surface area (Å²) < 4.78 is 10.5. The lowest BCUT2D eigenvalue weighted by molar-refractivity contribution is 0.0722. The van der Waals surface area contributed by atoms with Crippen molar-refractivity contribution in [3.8, 4) is 11.1 Å². The molecule has 2 heteroatoms. The first-order valence-corrected chi connectivity index (χ1v) is 6.98. The maximum atomic E-state index is 5.56. The van der Waals surface area contributed by atoms with E-state index < -0.39 is 0 Å². The quantitative estimate of drug-likeness (QED) is 0.638. The van der Waals surface area contributed by atoms with Gasteiger partial charge < -0.3 is 9.47 Å². The smallest absolute Gasteiger partial charge is 0.0700 e. The van der Waals surface area contributed by atoms with Crippen LogP contribution in [-0.2, 0) is 22.3 Å². The van der Waals surface area contributed by atoms with E-state index in [1.54, 1.807) is 7.11 Å². The van der Waals surface area contributed by atoms with E-state index in [2.05, 4.69) is 30.3 Å².